The Morgan fingerprint density at radius 1 is 1.28 bits per heavy atom. The second-order valence-corrected chi connectivity index (χ2v) is 7.29. The largest absolute Gasteiger partial charge is 0.455 e. The molecule has 1 atom stereocenters. The Kier molecular flexibility index (Phi) is 6.49. The lowest BCUT2D eigenvalue weighted by Gasteiger charge is -2.17. The molecule has 0 radical (unpaired) electrons. The number of ether oxygens (including phenoxy) is 1. The molecule has 2 amide bonds. The number of anilines is 1. The molecule has 0 bridgehead atoms. The molecule has 2 aromatic carbocycles. The van der Waals surface area contributed by atoms with Crippen molar-refractivity contribution in [3.63, 3.8) is 0 Å². The SMILES string of the molecule is Cc1ccc(NC(=O)COC(=O)[C@@H]2CC(=O)N(Cc3ccccc3Cl)C2)cc1F. The van der Waals surface area contributed by atoms with Crippen molar-refractivity contribution in [1.29, 1.82) is 0 Å². The Bertz CT molecular complexity index is 950. The third kappa shape index (κ3) is 5.32. The first kappa shape index (κ1) is 20.8. The minimum Gasteiger partial charge on any atom is -0.455 e. The van der Waals surface area contributed by atoms with E-state index in [-0.39, 0.29) is 24.6 Å². The summed E-state index contributed by atoms with van der Waals surface area (Å²) in [4.78, 5) is 37.9. The summed E-state index contributed by atoms with van der Waals surface area (Å²) in [5, 5.41) is 3.02. The van der Waals surface area contributed by atoms with Gasteiger partial charge < -0.3 is 15.0 Å². The molecular formula is C21H20ClFN2O4. The highest BCUT2D eigenvalue weighted by Crippen LogP contribution is 2.24. The molecular weight excluding hydrogens is 399 g/mol. The van der Waals surface area contributed by atoms with Crippen LogP contribution in [0.1, 0.15) is 17.5 Å². The van der Waals surface area contributed by atoms with E-state index in [4.69, 9.17) is 16.3 Å². The first-order valence-electron chi connectivity index (χ1n) is 9.07. The summed E-state index contributed by atoms with van der Waals surface area (Å²) in [7, 11) is 0. The van der Waals surface area contributed by atoms with E-state index in [0.29, 0.717) is 17.1 Å². The fourth-order valence-electron chi connectivity index (χ4n) is 3.04. The Morgan fingerprint density at radius 3 is 2.76 bits per heavy atom. The first-order valence-corrected chi connectivity index (χ1v) is 9.45. The molecule has 1 heterocycles. The van der Waals surface area contributed by atoms with Gasteiger partial charge in [-0.2, -0.15) is 0 Å². The van der Waals surface area contributed by atoms with Crippen LogP contribution in [0.25, 0.3) is 0 Å². The summed E-state index contributed by atoms with van der Waals surface area (Å²) in [6, 6.07) is 11.5. The number of carbonyl (C=O) groups excluding carboxylic acids is 3. The number of esters is 1. The number of aryl methyl sites for hydroxylation is 1. The molecule has 152 valence electrons. The van der Waals surface area contributed by atoms with Gasteiger partial charge in [-0.25, -0.2) is 4.39 Å². The standard InChI is InChI=1S/C21H20ClFN2O4/c1-13-6-7-16(9-18(13)23)24-19(26)12-29-21(28)15-8-20(27)25(11-15)10-14-4-2-3-5-17(14)22/h2-7,9,15H,8,10-12H2,1H3,(H,24,26)/t15-/m1/s1. The van der Waals surface area contributed by atoms with Gasteiger partial charge in [0.1, 0.15) is 5.82 Å². The van der Waals surface area contributed by atoms with Crippen LogP contribution < -0.4 is 5.32 Å². The van der Waals surface area contributed by atoms with Crippen LogP contribution in [0, 0.1) is 18.7 Å². The molecule has 6 nitrogen and oxygen atoms in total. The topological polar surface area (TPSA) is 75.7 Å². The number of nitrogens with one attached hydrogen (secondary N) is 1. The van der Waals surface area contributed by atoms with Crippen molar-refractivity contribution in [3.05, 3.63) is 64.4 Å². The minimum absolute atomic E-state index is 0.0219. The molecule has 1 saturated heterocycles. The molecule has 1 aliphatic heterocycles. The van der Waals surface area contributed by atoms with E-state index in [2.05, 4.69) is 5.32 Å². The van der Waals surface area contributed by atoms with Crippen LogP contribution in [0.5, 0.6) is 0 Å². The van der Waals surface area contributed by atoms with Crippen LogP contribution in [-0.2, 0) is 25.7 Å². The highest BCUT2D eigenvalue weighted by atomic mass is 35.5. The maximum atomic E-state index is 13.5. The van der Waals surface area contributed by atoms with Crippen molar-refractivity contribution < 1.29 is 23.5 Å². The Morgan fingerprint density at radius 2 is 2.03 bits per heavy atom. The van der Waals surface area contributed by atoms with Crippen molar-refractivity contribution >= 4 is 35.1 Å². The molecule has 29 heavy (non-hydrogen) atoms. The van der Waals surface area contributed by atoms with Crippen LogP contribution in [0.4, 0.5) is 10.1 Å². The third-order valence-electron chi connectivity index (χ3n) is 4.67. The average molecular weight is 419 g/mol. The predicted octanol–water partition coefficient (Wildman–Crippen LogP) is 3.32. The quantitative estimate of drug-likeness (QED) is 0.730. The molecule has 8 heteroatoms. The van der Waals surface area contributed by atoms with Crippen LogP contribution in [0.2, 0.25) is 5.02 Å². The molecule has 0 unspecified atom stereocenters. The molecule has 1 fully saturated rings. The first-order chi connectivity index (χ1) is 13.8. The van der Waals surface area contributed by atoms with Gasteiger partial charge in [0.15, 0.2) is 6.61 Å². The van der Waals surface area contributed by atoms with Gasteiger partial charge in [-0.15, -0.1) is 0 Å². The van der Waals surface area contributed by atoms with Crippen molar-refractivity contribution in [1.82, 2.24) is 4.90 Å². The van der Waals surface area contributed by atoms with Gasteiger partial charge in [-0.1, -0.05) is 35.9 Å². The van der Waals surface area contributed by atoms with E-state index >= 15 is 0 Å². The van der Waals surface area contributed by atoms with E-state index < -0.39 is 30.2 Å². The van der Waals surface area contributed by atoms with E-state index in [1.807, 2.05) is 12.1 Å². The highest BCUT2D eigenvalue weighted by molar-refractivity contribution is 6.31. The lowest BCUT2D eigenvalue weighted by Crippen LogP contribution is -2.28. The summed E-state index contributed by atoms with van der Waals surface area (Å²) >= 11 is 6.12. The molecule has 3 rings (SSSR count). The van der Waals surface area contributed by atoms with Crippen molar-refractivity contribution in [2.24, 2.45) is 5.92 Å². The van der Waals surface area contributed by atoms with Gasteiger partial charge in [-0.05, 0) is 36.2 Å². The van der Waals surface area contributed by atoms with E-state index in [1.54, 1.807) is 30.0 Å². The number of hydrogen-bond acceptors (Lipinski definition) is 4. The van der Waals surface area contributed by atoms with Gasteiger partial charge in [0.25, 0.3) is 5.91 Å². The van der Waals surface area contributed by atoms with E-state index in [0.717, 1.165) is 5.56 Å². The number of benzene rings is 2. The zero-order chi connectivity index (χ0) is 21.0. The number of amides is 2. The normalized spacial score (nSPS) is 16.0. The van der Waals surface area contributed by atoms with Gasteiger partial charge in [-0.3, -0.25) is 14.4 Å². The predicted molar refractivity (Wildman–Crippen MR) is 106 cm³/mol. The smallest absolute Gasteiger partial charge is 0.311 e. The second-order valence-electron chi connectivity index (χ2n) is 6.89. The Labute approximate surface area is 172 Å². The Balaban J connectivity index is 1.49. The van der Waals surface area contributed by atoms with Crippen molar-refractivity contribution in [2.45, 2.75) is 19.9 Å². The van der Waals surface area contributed by atoms with Crippen LogP contribution in [0.3, 0.4) is 0 Å². The molecule has 0 saturated carbocycles. The maximum Gasteiger partial charge on any atom is 0.311 e. The zero-order valence-corrected chi connectivity index (χ0v) is 16.5. The molecule has 0 aliphatic carbocycles. The van der Waals surface area contributed by atoms with Crippen LogP contribution in [-0.4, -0.2) is 35.8 Å². The van der Waals surface area contributed by atoms with Gasteiger partial charge in [0.05, 0.1) is 5.92 Å². The average Bonchev–Trinajstić information content (AvgIpc) is 3.05. The number of halogens is 2. The molecule has 1 N–H and O–H groups in total. The van der Waals surface area contributed by atoms with Gasteiger partial charge in [0, 0.05) is 30.2 Å². The number of hydrogen-bond donors (Lipinski definition) is 1. The van der Waals surface area contributed by atoms with E-state index in [9.17, 15) is 18.8 Å². The fourth-order valence-corrected chi connectivity index (χ4v) is 3.23. The number of likely N-dealkylation sites (tertiary alicyclic amines) is 1. The molecule has 2 aromatic rings. The Hall–Kier alpha value is -2.93. The summed E-state index contributed by atoms with van der Waals surface area (Å²) in [5.41, 5.74) is 1.53. The number of nitrogens with zero attached hydrogens (tertiary/aromatic N) is 1. The fraction of sp³-hybridized carbons (Fsp3) is 0.286. The summed E-state index contributed by atoms with van der Waals surface area (Å²) in [6.45, 7) is 1.61. The second kappa shape index (κ2) is 9.05. The van der Waals surface area contributed by atoms with Crippen LogP contribution in [0.15, 0.2) is 42.5 Å². The third-order valence-corrected chi connectivity index (χ3v) is 5.04. The minimum atomic E-state index is -0.644. The monoisotopic (exact) mass is 418 g/mol. The molecule has 1 aliphatic rings. The number of carbonyl (C=O) groups is 3. The van der Waals surface area contributed by atoms with Gasteiger partial charge in [0.2, 0.25) is 5.91 Å². The van der Waals surface area contributed by atoms with Crippen LogP contribution >= 0.6 is 11.6 Å². The summed E-state index contributed by atoms with van der Waals surface area (Å²) < 4.78 is 18.6. The van der Waals surface area contributed by atoms with Crippen molar-refractivity contribution in [2.75, 3.05) is 18.5 Å². The van der Waals surface area contributed by atoms with E-state index in [1.165, 1.54) is 12.1 Å². The lowest BCUT2D eigenvalue weighted by atomic mass is 10.1. The zero-order valence-electron chi connectivity index (χ0n) is 15.8. The summed E-state index contributed by atoms with van der Waals surface area (Å²) in [5.74, 6) is -2.46. The lowest BCUT2D eigenvalue weighted by molar-refractivity contribution is -0.151. The number of rotatable bonds is 6. The van der Waals surface area contributed by atoms with Crippen molar-refractivity contribution in [3.8, 4) is 0 Å². The summed E-state index contributed by atoms with van der Waals surface area (Å²) in [6.07, 6.45) is 0.0219. The molecule has 0 aromatic heterocycles. The highest BCUT2D eigenvalue weighted by Gasteiger charge is 2.35. The molecule has 0 spiro atoms. The maximum absolute atomic E-state index is 13.5. The van der Waals surface area contributed by atoms with Gasteiger partial charge >= 0.3 is 5.97 Å².